The minimum Gasteiger partial charge on any atom is -0.462 e. The van der Waals surface area contributed by atoms with Gasteiger partial charge in [-0.1, -0.05) is 218 Å². The third-order valence-corrected chi connectivity index (χ3v) is 13.5. The van der Waals surface area contributed by atoms with E-state index in [1.54, 1.807) is 0 Å². The Labute approximate surface area is 429 Å². The number of esters is 3. The van der Waals surface area contributed by atoms with Crippen molar-refractivity contribution < 1.29 is 52.2 Å². The maximum Gasteiger partial charge on any atom is 0.472 e. The second-order valence-electron chi connectivity index (χ2n) is 19.5. The summed E-state index contributed by atoms with van der Waals surface area (Å²) in [6.45, 7) is 4.61. The van der Waals surface area contributed by atoms with Gasteiger partial charge in [0, 0.05) is 19.3 Å². The average molecular weight is 1010 g/mol. The minimum atomic E-state index is -4.75. The van der Waals surface area contributed by atoms with E-state index >= 15 is 0 Å². The van der Waals surface area contributed by atoms with Crippen LogP contribution in [0.25, 0.3) is 0 Å². The molecule has 0 rings (SSSR count). The highest BCUT2D eigenvalue weighted by Gasteiger charge is 2.28. The van der Waals surface area contributed by atoms with Crippen molar-refractivity contribution in [2.45, 2.75) is 290 Å². The molecule has 3 atom stereocenters. The van der Waals surface area contributed by atoms with Crippen LogP contribution < -0.4 is 0 Å². The van der Waals surface area contributed by atoms with Crippen molar-refractivity contribution >= 4 is 25.7 Å². The lowest BCUT2D eigenvalue weighted by Crippen LogP contribution is -2.30. The van der Waals surface area contributed by atoms with Gasteiger partial charge in [0.05, 0.1) is 19.8 Å². The first kappa shape index (κ1) is 67.7. The fourth-order valence-electron chi connectivity index (χ4n) is 8.09. The van der Waals surface area contributed by atoms with Crippen molar-refractivity contribution in [2.75, 3.05) is 26.4 Å². The zero-order chi connectivity index (χ0) is 51.3. The van der Waals surface area contributed by atoms with Crippen LogP contribution >= 0.6 is 7.82 Å². The third kappa shape index (κ3) is 50.6. The zero-order valence-corrected chi connectivity index (χ0v) is 46.1. The van der Waals surface area contributed by atoms with Crippen LogP contribution in [-0.4, -0.2) is 66.5 Å². The monoisotopic (exact) mass is 1010 g/mol. The molecular formula is C58H107O11P. The van der Waals surface area contributed by atoms with E-state index in [2.05, 4.69) is 57.2 Å². The SMILES string of the molecule is CCCCC/C=C\C/C=C\CCCCCCCC(=O)OC(COC(=O)CCCCCCCCCCCCCCCCC)COP(=O)(O)OCC(CO)OC(=O)CCCCCCC/C=C\CCCCCC. The molecule has 0 spiro atoms. The molecule has 0 aliphatic carbocycles. The largest absolute Gasteiger partial charge is 0.472 e. The number of unbranched alkanes of at least 4 members (excludes halogenated alkanes) is 31. The van der Waals surface area contributed by atoms with E-state index in [-0.39, 0.29) is 25.9 Å². The molecule has 0 aliphatic rings. The van der Waals surface area contributed by atoms with Crippen LogP contribution in [0.5, 0.6) is 0 Å². The molecule has 2 N–H and O–H groups in total. The topological polar surface area (TPSA) is 155 Å². The number of ether oxygens (including phenoxy) is 3. The first-order valence-corrected chi connectivity index (χ1v) is 30.4. The quantitative estimate of drug-likeness (QED) is 0.0197. The van der Waals surface area contributed by atoms with Crippen LogP contribution in [0.1, 0.15) is 278 Å². The van der Waals surface area contributed by atoms with Crippen molar-refractivity contribution in [3.8, 4) is 0 Å². The van der Waals surface area contributed by atoms with Crippen molar-refractivity contribution in [1.29, 1.82) is 0 Å². The van der Waals surface area contributed by atoms with Crippen molar-refractivity contribution in [3.63, 3.8) is 0 Å². The Morgan fingerprint density at radius 1 is 0.400 bits per heavy atom. The van der Waals surface area contributed by atoms with E-state index in [0.29, 0.717) is 19.3 Å². The van der Waals surface area contributed by atoms with Crippen LogP contribution in [0.15, 0.2) is 36.5 Å². The lowest BCUT2D eigenvalue weighted by Gasteiger charge is -2.21. The highest BCUT2D eigenvalue weighted by atomic mass is 31.2. The van der Waals surface area contributed by atoms with E-state index < -0.39 is 57.8 Å². The molecular weight excluding hydrogens is 904 g/mol. The predicted octanol–water partition coefficient (Wildman–Crippen LogP) is 16.8. The second-order valence-corrected chi connectivity index (χ2v) is 20.9. The number of hydrogen-bond donors (Lipinski definition) is 2. The Balaban J connectivity index is 4.72. The summed E-state index contributed by atoms with van der Waals surface area (Å²) in [5, 5.41) is 9.80. The highest BCUT2D eigenvalue weighted by Crippen LogP contribution is 2.43. The molecule has 0 aromatic carbocycles. The third-order valence-electron chi connectivity index (χ3n) is 12.5. The summed E-state index contributed by atoms with van der Waals surface area (Å²) in [6, 6.07) is 0. The number of rotatable bonds is 54. The number of carbonyl (C=O) groups is 3. The van der Waals surface area contributed by atoms with Gasteiger partial charge in [0.1, 0.15) is 12.7 Å². The number of allylic oxidation sites excluding steroid dienone is 6. The Hall–Kier alpha value is -2.30. The van der Waals surface area contributed by atoms with Crippen LogP contribution in [0.3, 0.4) is 0 Å². The summed E-state index contributed by atoms with van der Waals surface area (Å²) in [4.78, 5) is 48.5. The van der Waals surface area contributed by atoms with Gasteiger partial charge in [-0.05, 0) is 77.0 Å². The Morgan fingerprint density at radius 2 is 0.700 bits per heavy atom. The lowest BCUT2D eigenvalue weighted by molar-refractivity contribution is -0.161. The molecule has 3 unspecified atom stereocenters. The Bertz CT molecular complexity index is 1320. The molecule has 0 saturated heterocycles. The average Bonchev–Trinajstić information content (AvgIpc) is 3.35. The molecule has 0 aromatic heterocycles. The summed E-state index contributed by atoms with van der Waals surface area (Å²) < 4.78 is 39.5. The number of aliphatic hydroxyl groups is 1. The van der Waals surface area contributed by atoms with Gasteiger partial charge in [-0.3, -0.25) is 23.4 Å². The van der Waals surface area contributed by atoms with Crippen molar-refractivity contribution in [3.05, 3.63) is 36.5 Å². The molecule has 70 heavy (non-hydrogen) atoms. The maximum absolute atomic E-state index is 12.9. The molecule has 0 aromatic rings. The summed E-state index contributed by atoms with van der Waals surface area (Å²) in [6.07, 6.45) is 53.8. The van der Waals surface area contributed by atoms with E-state index in [9.17, 15) is 28.9 Å². The van der Waals surface area contributed by atoms with E-state index in [0.717, 1.165) is 103 Å². The fraction of sp³-hybridized carbons (Fsp3) is 0.845. The molecule has 0 bridgehead atoms. The molecule has 0 amide bonds. The maximum atomic E-state index is 12.9. The van der Waals surface area contributed by atoms with Crippen LogP contribution in [0.2, 0.25) is 0 Å². The molecule has 12 heteroatoms. The van der Waals surface area contributed by atoms with E-state index in [1.807, 2.05) is 0 Å². The number of carbonyl (C=O) groups excluding carboxylic acids is 3. The highest BCUT2D eigenvalue weighted by molar-refractivity contribution is 7.47. The zero-order valence-electron chi connectivity index (χ0n) is 45.2. The first-order chi connectivity index (χ1) is 34.2. The van der Waals surface area contributed by atoms with Gasteiger partial charge in [-0.25, -0.2) is 4.57 Å². The van der Waals surface area contributed by atoms with Gasteiger partial charge in [-0.2, -0.15) is 0 Å². The number of phosphoric acid groups is 1. The smallest absolute Gasteiger partial charge is 0.462 e. The van der Waals surface area contributed by atoms with Crippen molar-refractivity contribution in [2.24, 2.45) is 0 Å². The van der Waals surface area contributed by atoms with Gasteiger partial charge in [0.15, 0.2) is 6.10 Å². The first-order valence-electron chi connectivity index (χ1n) is 28.9. The van der Waals surface area contributed by atoms with Crippen LogP contribution in [0.4, 0.5) is 0 Å². The summed E-state index contributed by atoms with van der Waals surface area (Å²) in [5.41, 5.74) is 0. The van der Waals surface area contributed by atoms with Crippen LogP contribution in [-0.2, 0) is 42.2 Å². The van der Waals surface area contributed by atoms with E-state index in [4.69, 9.17) is 23.3 Å². The second kappa shape index (κ2) is 53.0. The van der Waals surface area contributed by atoms with Crippen molar-refractivity contribution in [1.82, 2.24) is 0 Å². The van der Waals surface area contributed by atoms with E-state index in [1.165, 1.54) is 116 Å². The molecule has 0 heterocycles. The number of hydrogen-bond acceptors (Lipinski definition) is 10. The predicted molar refractivity (Wildman–Crippen MR) is 289 cm³/mol. The van der Waals surface area contributed by atoms with Gasteiger partial charge in [0.25, 0.3) is 0 Å². The fourth-order valence-corrected chi connectivity index (χ4v) is 8.87. The number of aliphatic hydroxyl groups excluding tert-OH is 1. The number of phosphoric ester groups is 1. The lowest BCUT2D eigenvalue weighted by atomic mass is 10.0. The molecule has 0 fully saturated rings. The van der Waals surface area contributed by atoms with Gasteiger partial charge >= 0.3 is 25.7 Å². The molecule has 0 aliphatic heterocycles. The van der Waals surface area contributed by atoms with Gasteiger partial charge < -0.3 is 24.2 Å². The molecule has 0 radical (unpaired) electrons. The van der Waals surface area contributed by atoms with Gasteiger partial charge in [-0.15, -0.1) is 0 Å². The normalized spacial score (nSPS) is 13.6. The summed E-state index contributed by atoms with van der Waals surface area (Å²) in [5.74, 6) is -1.47. The summed E-state index contributed by atoms with van der Waals surface area (Å²) in [7, 11) is -4.75. The molecule has 410 valence electrons. The Kier molecular flexibility index (Phi) is 51.3. The molecule has 0 saturated carbocycles. The van der Waals surface area contributed by atoms with Gasteiger partial charge in [0.2, 0.25) is 0 Å². The van der Waals surface area contributed by atoms with Crippen LogP contribution in [0, 0.1) is 0 Å². The summed E-state index contributed by atoms with van der Waals surface area (Å²) >= 11 is 0. The molecule has 11 nitrogen and oxygen atoms in total. The minimum absolute atomic E-state index is 0.155. The standard InChI is InChI=1S/C58H107O11P/c1-4-7-10-13-16-19-22-25-27-30-32-35-38-41-44-47-56(60)65-51-55(69-58(62)49-46-43-40-37-34-31-28-26-23-20-17-14-11-8-5-2)53-67-70(63,64)66-52-54(50-59)68-57(61)48-45-42-39-36-33-29-24-21-18-15-12-9-6-3/h17,20-21,24,26,28,54-55,59H,4-16,18-19,22-23,25,27,29-53H2,1-3H3,(H,63,64)/b20-17-,24-21-,28-26-. The Morgan fingerprint density at radius 3 is 1.11 bits per heavy atom.